The number of para-hydroxylation sites is 2. The lowest BCUT2D eigenvalue weighted by atomic mass is 10.1. The molecule has 0 radical (unpaired) electrons. The fourth-order valence-electron chi connectivity index (χ4n) is 3.92. The number of nitrogens with one attached hydrogen (secondary N) is 1. The van der Waals surface area contributed by atoms with Crippen LogP contribution in [-0.4, -0.2) is 38.0 Å². The van der Waals surface area contributed by atoms with E-state index >= 15 is 0 Å². The van der Waals surface area contributed by atoms with Crippen LogP contribution in [0.5, 0.6) is 0 Å². The molecule has 202 valence electrons. The average molecular weight is 567 g/mol. The predicted molar refractivity (Wildman–Crippen MR) is 140 cm³/mol. The number of aromatic nitrogens is 3. The number of hydrogen-bond acceptors (Lipinski definition) is 6. The minimum atomic E-state index is -4.54. The van der Waals surface area contributed by atoms with E-state index in [-0.39, 0.29) is 35.0 Å². The number of carbonyl (C=O) groups is 2. The number of nitrogens with zero attached hydrogens (tertiary/aromatic N) is 3. The molecule has 5 aromatic rings. The number of rotatable bonds is 7. The van der Waals surface area contributed by atoms with E-state index in [2.05, 4.69) is 20.3 Å². The summed E-state index contributed by atoms with van der Waals surface area (Å²) in [7, 11) is 0. The zero-order valence-corrected chi connectivity index (χ0v) is 21.1. The number of carboxylic acid groups (broad SMARTS) is 1. The number of benzene rings is 3. The molecular formula is C28H18ClF3N4O4. The van der Waals surface area contributed by atoms with Gasteiger partial charge in [0.15, 0.2) is 11.5 Å². The van der Waals surface area contributed by atoms with Crippen LogP contribution in [0.2, 0.25) is 5.02 Å². The third-order valence-electron chi connectivity index (χ3n) is 5.94. The van der Waals surface area contributed by atoms with Gasteiger partial charge in [0.1, 0.15) is 11.7 Å². The summed E-state index contributed by atoms with van der Waals surface area (Å²) in [6.07, 6.45) is -3.23. The van der Waals surface area contributed by atoms with Gasteiger partial charge in [-0.05, 0) is 54.1 Å². The van der Waals surface area contributed by atoms with Crippen molar-refractivity contribution >= 4 is 34.5 Å². The molecular weight excluding hydrogens is 549 g/mol. The van der Waals surface area contributed by atoms with Crippen molar-refractivity contribution in [2.24, 2.45) is 0 Å². The van der Waals surface area contributed by atoms with E-state index in [1.165, 1.54) is 6.20 Å². The lowest BCUT2D eigenvalue weighted by molar-refractivity contribution is -0.139. The summed E-state index contributed by atoms with van der Waals surface area (Å²) in [5.74, 6) is -2.45. The first-order valence-electron chi connectivity index (χ1n) is 11.8. The SMILES string of the molecule is O=C(NC(Cc1ccc(Cl)cc1)C(=O)O)c1nc(-c2ccc(C(F)(F)F)cc2)oc1-c1cnc2ccccc2n1. The summed E-state index contributed by atoms with van der Waals surface area (Å²) in [5, 5.41) is 12.7. The maximum atomic E-state index is 13.4. The first-order chi connectivity index (χ1) is 19.1. The van der Waals surface area contributed by atoms with Gasteiger partial charge in [-0.2, -0.15) is 13.2 Å². The van der Waals surface area contributed by atoms with Crippen molar-refractivity contribution in [2.45, 2.75) is 18.6 Å². The van der Waals surface area contributed by atoms with Crippen molar-refractivity contribution in [1.29, 1.82) is 0 Å². The van der Waals surface area contributed by atoms with Crippen LogP contribution in [0.4, 0.5) is 13.2 Å². The standard InChI is InChI=1S/C28H18ClF3N4O4/c29-18-11-5-15(6-12-18)13-21(27(38)39)35-25(37)23-24(22-14-33-19-3-1-2-4-20(19)34-22)40-26(36-23)16-7-9-17(10-8-16)28(30,31)32/h1-12,14,21H,13H2,(H,35,37)(H,38,39). The van der Waals surface area contributed by atoms with Crippen LogP contribution in [0.1, 0.15) is 21.6 Å². The van der Waals surface area contributed by atoms with E-state index in [1.807, 2.05) is 0 Å². The number of oxazole rings is 1. The fraction of sp³-hybridized carbons (Fsp3) is 0.107. The molecule has 8 nitrogen and oxygen atoms in total. The van der Waals surface area contributed by atoms with Crippen LogP contribution >= 0.6 is 11.6 Å². The molecule has 3 aromatic carbocycles. The number of hydrogen-bond donors (Lipinski definition) is 2. The summed E-state index contributed by atoms with van der Waals surface area (Å²) in [6.45, 7) is 0. The Bertz CT molecular complexity index is 1700. The summed E-state index contributed by atoms with van der Waals surface area (Å²) in [6, 6.07) is 16.1. The van der Waals surface area contributed by atoms with Crippen molar-refractivity contribution in [3.05, 3.63) is 101 Å². The van der Waals surface area contributed by atoms with E-state index in [0.717, 1.165) is 24.3 Å². The van der Waals surface area contributed by atoms with E-state index in [1.54, 1.807) is 48.5 Å². The van der Waals surface area contributed by atoms with Crippen LogP contribution in [0, 0.1) is 0 Å². The second kappa shape index (κ2) is 10.8. The molecule has 1 amide bonds. The van der Waals surface area contributed by atoms with Crippen LogP contribution in [0.15, 0.2) is 83.4 Å². The highest BCUT2D eigenvalue weighted by Crippen LogP contribution is 2.33. The molecule has 5 rings (SSSR count). The summed E-state index contributed by atoms with van der Waals surface area (Å²) in [4.78, 5) is 38.4. The predicted octanol–water partition coefficient (Wildman–Crippen LogP) is 6.05. The molecule has 2 N–H and O–H groups in total. The summed E-state index contributed by atoms with van der Waals surface area (Å²) < 4.78 is 45.0. The van der Waals surface area contributed by atoms with Crippen LogP contribution < -0.4 is 5.32 Å². The lowest BCUT2D eigenvalue weighted by Crippen LogP contribution is -2.42. The van der Waals surface area contributed by atoms with Gasteiger partial charge in [-0.25, -0.2) is 14.8 Å². The van der Waals surface area contributed by atoms with Crippen molar-refractivity contribution in [3.8, 4) is 22.9 Å². The Hall–Kier alpha value is -4.77. The van der Waals surface area contributed by atoms with E-state index in [4.69, 9.17) is 16.0 Å². The molecule has 12 heteroatoms. The Labute approximate surface area is 229 Å². The Morgan fingerprint density at radius 2 is 1.62 bits per heavy atom. The molecule has 1 atom stereocenters. The molecule has 0 spiro atoms. The number of fused-ring (bicyclic) bond motifs is 1. The fourth-order valence-corrected chi connectivity index (χ4v) is 4.05. The molecule has 0 saturated heterocycles. The minimum Gasteiger partial charge on any atom is -0.480 e. The van der Waals surface area contributed by atoms with Crippen molar-refractivity contribution in [2.75, 3.05) is 0 Å². The second-order valence-electron chi connectivity index (χ2n) is 8.71. The van der Waals surface area contributed by atoms with E-state index < -0.39 is 29.7 Å². The number of halogens is 4. The van der Waals surface area contributed by atoms with E-state index in [0.29, 0.717) is 21.6 Å². The van der Waals surface area contributed by atoms with Crippen molar-refractivity contribution < 1.29 is 32.3 Å². The van der Waals surface area contributed by atoms with Gasteiger partial charge in [0.2, 0.25) is 5.89 Å². The number of amides is 1. The smallest absolute Gasteiger partial charge is 0.416 e. The minimum absolute atomic E-state index is 0.0486. The second-order valence-corrected chi connectivity index (χ2v) is 9.15. The molecule has 2 aromatic heterocycles. The van der Waals surface area contributed by atoms with Crippen LogP contribution in [-0.2, 0) is 17.4 Å². The highest BCUT2D eigenvalue weighted by atomic mass is 35.5. The van der Waals surface area contributed by atoms with Crippen LogP contribution in [0.3, 0.4) is 0 Å². The zero-order chi connectivity index (χ0) is 28.4. The third-order valence-corrected chi connectivity index (χ3v) is 6.19. The quantitative estimate of drug-likeness (QED) is 0.246. The first kappa shape index (κ1) is 26.8. The van der Waals surface area contributed by atoms with Gasteiger partial charge in [0.05, 0.1) is 22.8 Å². The molecule has 0 aliphatic carbocycles. The third kappa shape index (κ3) is 5.79. The van der Waals surface area contributed by atoms with Gasteiger partial charge in [-0.1, -0.05) is 35.9 Å². The molecule has 40 heavy (non-hydrogen) atoms. The Balaban J connectivity index is 1.53. The number of alkyl halides is 3. The summed E-state index contributed by atoms with van der Waals surface area (Å²) in [5.41, 5.74) is 0.800. The monoisotopic (exact) mass is 566 g/mol. The van der Waals surface area contributed by atoms with Crippen molar-refractivity contribution in [3.63, 3.8) is 0 Å². The Morgan fingerprint density at radius 1 is 0.950 bits per heavy atom. The highest BCUT2D eigenvalue weighted by molar-refractivity contribution is 6.30. The highest BCUT2D eigenvalue weighted by Gasteiger charge is 2.31. The van der Waals surface area contributed by atoms with Crippen LogP contribution in [0.25, 0.3) is 33.9 Å². The zero-order valence-electron chi connectivity index (χ0n) is 20.3. The number of aliphatic carboxylic acids is 1. The molecule has 2 heterocycles. The summed E-state index contributed by atoms with van der Waals surface area (Å²) >= 11 is 5.90. The van der Waals surface area contributed by atoms with Gasteiger partial charge in [-0.15, -0.1) is 0 Å². The topological polar surface area (TPSA) is 118 Å². The molecule has 1 unspecified atom stereocenters. The first-order valence-corrected chi connectivity index (χ1v) is 12.1. The van der Waals surface area contributed by atoms with Gasteiger partial charge in [-0.3, -0.25) is 9.78 Å². The maximum absolute atomic E-state index is 13.4. The van der Waals surface area contributed by atoms with E-state index in [9.17, 15) is 27.9 Å². The number of carboxylic acids is 1. The Kier molecular flexibility index (Phi) is 7.22. The average Bonchev–Trinajstić information content (AvgIpc) is 3.39. The maximum Gasteiger partial charge on any atom is 0.416 e. The molecule has 0 bridgehead atoms. The van der Waals surface area contributed by atoms with Gasteiger partial charge in [0, 0.05) is 17.0 Å². The normalized spacial score (nSPS) is 12.3. The molecule has 0 aliphatic rings. The Morgan fingerprint density at radius 3 is 2.27 bits per heavy atom. The largest absolute Gasteiger partial charge is 0.480 e. The lowest BCUT2D eigenvalue weighted by Gasteiger charge is -2.14. The van der Waals surface area contributed by atoms with Gasteiger partial charge >= 0.3 is 12.1 Å². The van der Waals surface area contributed by atoms with Gasteiger partial charge < -0.3 is 14.8 Å². The molecule has 0 aliphatic heterocycles. The number of carbonyl (C=O) groups excluding carboxylic acids is 1. The molecule has 0 saturated carbocycles. The molecule has 0 fully saturated rings. The van der Waals surface area contributed by atoms with Crippen molar-refractivity contribution in [1.82, 2.24) is 20.3 Å². The van der Waals surface area contributed by atoms with Gasteiger partial charge in [0.25, 0.3) is 5.91 Å².